The fraction of sp³-hybridized carbons (Fsp3) is 0.471. The Morgan fingerprint density at radius 2 is 2.23 bits per heavy atom. The molecule has 0 bridgehead atoms. The summed E-state index contributed by atoms with van der Waals surface area (Å²) >= 11 is 0. The Kier molecular flexibility index (Phi) is 4.18. The van der Waals surface area contributed by atoms with Gasteiger partial charge in [0.15, 0.2) is 0 Å². The lowest BCUT2D eigenvalue weighted by Crippen LogP contribution is -3.12. The van der Waals surface area contributed by atoms with E-state index in [1.54, 1.807) is 19.1 Å². The molecule has 0 aliphatic carbocycles. The predicted octanol–water partition coefficient (Wildman–Crippen LogP) is 0.594. The number of rotatable bonds is 3. The maximum Gasteiger partial charge on any atom is 0.336 e. The lowest BCUT2D eigenvalue weighted by molar-refractivity contribution is -0.922. The lowest BCUT2D eigenvalue weighted by Gasteiger charge is -2.29. The zero-order chi connectivity index (χ0) is 15.7. The number of aromatic hydroxyl groups is 1. The number of piperidine rings is 1. The zero-order valence-electron chi connectivity index (χ0n) is 12.8. The molecule has 1 aromatic carbocycles. The summed E-state index contributed by atoms with van der Waals surface area (Å²) in [5, 5.41) is 20.0. The van der Waals surface area contributed by atoms with Gasteiger partial charge in [-0.2, -0.15) is 0 Å². The van der Waals surface area contributed by atoms with Crippen LogP contribution >= 0.6 is 0 Å². The van der Waals surface area contributed by atoms with Crippen LogP contribution in [0.15, 0.2) is 27.4 Å². The molecule has 3 N–H and O–H groups in total. The molecule has 0 spiro atoms. The Hall–Kier alpha value is -1.85. The Labute approximate surface area is 128 Å². The molecule has 2 heterocycles. The number of benzene rings is 1. The van der Waals surface area contributed by atoms with Gasteiger partial charge in [-0.15, -0.1) is 0 Å². The Balaban J connectivity index is 1.97. The van der Waals surface area contributed by atoms with E-state index in [0.717, 1.165) is 43.4 Å². The van der Waals surface area contributed by atoms with E-state index >= 15 is 0 Å². The minimum absolute atomic E-state index is 0.137. The van der Waals surface area contributed by atoms with Crippen molar-refractivity contribution in [2.75, 3.05) is 19.7 Å². The molecule has 5 nitrogen and oxygen atoms in total. The van der Waals surface area contributed by atoms with Crippen LogP contribution in [0.25, 0.3) is 11.0 Å². The molecule has 0 amide bonds. The maximum atomic E-state index is 11.8. The second-order valence-electron chi connectivity index (χ2n) is 6.25. The third-order valence-corrected chi connectivity index (χ3v) is 4.64. The van der Waals surface area contributed by atoms with E-state index in [9.17, 15) is 15.0 Å². The molecule has 0 radical (unpaired) electrons. The van der Waals surface area contributed by atoms with Gasteiger partial charge in [-0.25, -0.2) is 4.79 Å². The lowest BCUT2D eigenvalue weighted by atomic mass is 9.98. The first-order chi connectivity index (χ1) is 10.6. The van der Waals surface area contributed by atoms with Crippen LogP contribution in [0.5, 0.6) is 5.75 Å². The highest BCUT2D eigenvalue weighted by molar-refractivity contribution is 5.84. The fourth-order valence-electron chi connectivity index (χ4n) is 3.40. The van der Waals surface area contributed by atoms with E-state index in [4.69, 9.17) is 4.42 Å². The summed E-state index contributed by atoms with van der Waals surface area (Å²) in [5.41, 5.74) is 1.63. The van der Waals surface area contributed by atoms with Crippen molar-refractivity contribution in [3.8, 4) is 5.75 Å². The SMILES string of the molecule is Cc1c(O)ccc2c(C[NH+]3CCC[C@@H](CO)C3)cc(=O)oc12. The molecular weight excluding hydrogens is 282 g/mol. The van der Waals surface area contributed by atoms with Crippen LogP contribution in [0.2, 0.25) is 0 Å². The van der Waals surface area contributed by atoms with Crippen LogP contribution in [0.3, 0.4) is 0 Å². The summed E-state index contributed by atoms with van der Waals surface area (Å²) in [6.45, 7) is 4.70. The highest BCUT2D eigenvalue weighted by atomic mass is 16.4. The Bertz CT molecular complexity index is 737. The Morgan fingerprint density at radius 3 is 3.00 bits per heavy atom. The van der Waals surface area contributed by atoms with Gasteiger partial charge in [0, 0.05) is 28.5 Å². The summed E-state index contributed by atoms with van der Waals surface area (Å²) < 4.78 is 5.28. The highest BCUT2D eigenvalue weighted by Gasteiger charge is 2.23. The number of quaternary nitrogens is 1. The molecule has 3 rings (SSSR count). The Morgan fingerprint density at radius 1 is 1.41 bits per heavy atom. The second kappa shape index (κ2) is 6.10. The van der Waals surface area contributed by atoms with Crippen LogP contribution in [0.4, 0.5) is 0 Å². The van der Waals surface area contributed by atoms with Crippen LogP contribution in [0.1, 0.15) is 24.0 Å². The predicted molar refractivity (Wildman–Crippen MR) is 83.1 cm³/mol. The number of hydrogen-bond acceptors (Lipinski definition) is 4. The topological polar surface area (TPSA) is 75.1 Å². The highest BCUT2D eigenvalue weighted by Crippen LogP contribution is 2.27. The van der Waals surface area contributed by atoms with Crippen molar-refractivity contribution in [3.63, 3.8) is 0 Å². The minimum Gasteiger partial charge on any atom is -0.508 e. The van der Waals surface area contributed by atoms with Gasteiger partial charge >= 0.3 is 5.63 Å². The summed E-state index contributed by atoms with van der Waals surface area (Å²) in [6, 6.07) is 5.00. The molecular formula is C17H22NO4+. The number of aliphatic hydroxyl groups is 1. The molecule has 1 aromatic heterocycles. The average Bonchev–Trinajstić information content (AvgIpc) is 2.51. The standard InChI is InChI=1S/C17H21NO4/c1-11-15(20)5-4-14-13(7-16(21)22-17(11)14)9-18-6-2-3-12(8-18)10-19/h4-5,7,12,19-20H,2-3,6,8-10H2,1H3/p+1/t12-/m1/s1. The molecule has 22 heavy (non-hydrogen) atoms. The van der Waals surface area contributed by atoms with Gasteiger partial charge in [0.1, 0.15) is 17.9 Å². The number of fused-ring (bicyclic) bond motifs is 1. The summed E-state index contributed by atoms with van der Waals surface area (Å²) in [4.78, 5) is 13.2. The van der Waals surface area contributed by atoms with Crippen molar-refractivity contribution in [2.45, 2.75) is 26.3 Å². The van der Waals surface area contributed by atoms with Gasteiger partial charge in [-0.1, -0.05) is 0 Å². The largest absolute Gasteiger partial charge is 0.508 e. The maximum absolute atomic E-state index is 11.8. The smallest absolute Gasteiger partial charge is 0.336 e. The van der Waals surface area contributed by atoms with E-state index in [-0.39, 0.29) is 18.0 Å². The first-order valence-electron chi connectivity index (χ1n) is 7.78. The van der Waals surface area contributed by atoms with Crippen LogP contribution in [-0.2, 0) is 6.54 Å². The summed E-state index contributed by atoms with van der Waals surface area (Å²) in [7, 11) is 0. The fourth-order valence-corrected chi connectivity index (χ4v) is 3.40. The molecule has 118 valence electrons. The number of hydrogen-bond donors (Lipinski definition) is 3. The van der Waals surface area contributed by atoms with Gasteiger partial charge in [0.2, 0.25) is 0 Å². The van der Waals surface area contributed by atoms with Gasteiger partial charge in [0.25, 0.3) is 0 Å². The molecule has 1 fully saturated rings. The first-order valence-corrected chi connectivity index (χ1v) is 7.78. The van der Waals surface area contributed by atoms with E-state index < -0.39 is 0 Å². The van der Waals surface area contributed by atoms with Crippen molar-refractivity contribution < 1.29 is 19.5 Å². The minimum atomic E-state index is -0.383. The van der Waals surface area contributed by atoms with Crippen LogP contribution in [-0.4, -0.2) is 29.9 Å². The quantitative estimate of drug-likeness (QED) is 0.726. The van der Waals surface area contributed by atoms with Crippen molar-refractivity contribution in [2.24, 2.45) is 5.92 Å². The van der Waals surface area contributed by atoms with E-state index in [1.807, 2.05) is 6.07 Å². The van der Waals surface area contributed by atoms with Crippen molar-refractivity contribution >= 4 is 11.0 Å². The number of phenolic OH excluding ortho intramolecular Hbond substituents is 1. The molecule has 5 heteroatoms. The first kappa shape index (κ1) is 15.1. The van der Waals surface area contributed by atoms with Gasteiger partial charge in [-0.3, -0.25) is 0 Å². The third kappa shape index (κ3) is 2.87. The summed E-state index contributed by atoms with van der Waals surface area (Å²) in [6.07, 6.45) is 2.17. The molecule has 2 atom stereocenters. The number of aliphatic hydroxyl groups excluding tert-OH is 1. The summed E-state index contributed by atoms with van der Waals surface area (Å²) in [5.74, 6) is 0.486. The third-order valence-electron chi connectivity index (χ3n) is 4.64. The number of nitrogens with one attached hydrogen (secondary N) is 1. The molecule has 1 aliphatic heterocycles. The number of likely N-dealkylation sites (tertiary alicyclic amines) is 1. The van der Waals surface area contributed by atoms with Crippen molar-refractivity contribution in [3.05, 3.63) is 39.7 Å². The van der Waals surface area contributed by atoms with E-state index in [1.165, 1.54) is 4.90 Å². The van der Waals surface area contributed by atoms with Gasteiger partial charge in [0.05, 0.1) is 19.7 Å². The number of phenols is 1. The van der Waals surface area contributed by atoms with Crippen molar-refractivity contribution in [1.82, 2.24) is 0 Å². The second-order valence-corrected chi connectivity index (χ2v) is 6.25. The van der Waals surface area contributed by atoms with E-state index in [2.05, 4.69) is 0 Å². The molecule has 1 unspecified atom stereocenters. The van der Waals surface area contributed by atoms with Gasteiger partial charge in [-0.05, 0) is 31.9 Å². The molecule has 1 aliphatic rings. The molecule has 2 aromatic rings. The normalized spacial score (nSPS) is 22.1. The monoisotopic (exact) mass is 304 g/mol. The molecule has 0 saturated carbocycles. The van der Waals surface area contributed by atoms with Crippen LogP contribution in [0, 0.1) is 12.8 Å². The zero-order valence-corrected chi connectivity index (χ0v) is 12.8. The average molecular weight is 304 g/mol. The molecule has 1 saturated heterocycles. The van der Waals surface area contributed by atoms with E-state index in [0.29, 0.717) is 17.1 Å². The van der Waals surface area contributed by atoms with Crippen molar-refractivity contribution in [1.29, 1.82) is 0 Å². The van der Waals surface area contributed by atoms with Gasteiger partial charge < -0.3 is 19.5 Å². The number of aryl methyl sites for hydroxylation is 1. The van der Waals surface area contributed by atoms with Crippen LogP contribution < -0.4 is 10.5 Å².